The van der Waals surface area contributed by atoms with Crippen molar-refractivity contribution in [3.8, 4) is 0 Å². The number of carbonyl (C=O) groups is 4. The monoisotopic (exact) mass is 535 g/mol. The smallest absolute Gasteiger partial charge is 0.338 e. The standard InChI is InChI=1S/C28H23ClFN3O5/c1-2-3-16-38-28(37)18-6-12-21(13-7-18)32-25(34)17-4-10-20(11-5-17)31-24-23(29)26(35)33(27(24)36)22-14-8-19(30)9-15-22/h4-15,31H,2-3,16H2,1H3,(H,32,34). The minimum Gasteiger partial charge on any atom is -0.462 e. The van der Waals surface area contributed by atoms with Crippen LogP contribution in [0.15, 0.2) is 83.5 Å². The molecule has 38 heavy (non-hydrogen) atoms. The number of hydrogen-bond acceptors (Lipinski definition) is 6. The fourth-order valence-electron chi connectivity index (χ4n) is 3.57. The summed E-state index contributed by atoms with van der Waals surface area (Å²) in [6.07, 6.45) is 1.72. The number of rotatable bonds is 9. The fourth-order valence-corrected chi connectivity index (χ4v) is 3.78. The predicted octanol–water partition coefficient (Wildman–Crippen LogP) is 5.47. The first-order valence-electron chi connectivity index (χ1n) is 11.8. The molecule has 2 N–H and O–H groups in total. The van der Waals surface area contributed by atoms with Crippen molar-refractivity contribution in [2.45, 2.75) is 19.8 Å². The Morgan fingerprint density at radius 1 is 0.868 bits per heavy atom. The quantitative estimate of drug-likeness (QED) is 0.214. The van der Waals surface area contributed by atoms with Crippen molar-refractivity contribution in [1.82, 2.24) is 0 Å². The number of hydrogen-bond donors (Lipinski definition) is 2. The molecule has 3 aromatic carbocycles. The van der Waals surface area contributed by atoms with E-state index in [0.29, 0.717) is 29.1 Å². The fraction of sp³-hybridized carbons (Fsp3) is 0.143. The highest BCUT2D eigenvalue weighted by Gasteiger charge is 2.39. The minimum atomic E-state index is -0.734. The van der Waals surface area contributed by atoms with E-state index in [9.17, 15) is 23.6 Å². The summed E-state index contributed by atoms with van der Waals surface area (Å²) in [6.45, 7) is 2.37. The maximum absolute atomic E-state index is 13.2. The lowest BCUT2D eigenvalue weighted by Crippen LogP contribution is -2.32. The molecule has 8 nitrogen and oxygen atoms in total. The molecule has 4 rings (SSSR count). The van der Waals surface area contributed by atoms with Crippen molar-refractivity contribution in [1.29, 1.82) is 0 Å². The van der Waals surface area contributed by atoms with Gasteiger partial charge < -0.3 is 15.4 Å². The Morgan fingerprint density at radius 3 is 2.11 bits per heavy atom. The molecule has 0 atom stereocenters. The molecule has 3 amide bonds. The average Bonchev–Trinajstić information content (AvgIpc) is 3.13. The average molecular weight is 536 g/mol. The number of halogens is 2. The van der Waals surface area contributed by atoms with Crippen LogP contribution in [0.3, 0.4) is 0 Å². The summed E-state index contributed by atoms with van der Waals surface area (Å²) in [6, 6.07) is 17.4. The van der Waals surface area contributed by atoms with E-state index in [1.54, 1.807) is 36.4 Å². The van der Waals surface area contributed by atoms with Gasteiger partial charge in [-0.05, 0) is 79.2 Å². The van der Waals surface area contributed by atoms with Crippen LogP contribution in [0.2, 0.25) is 0 Å². The van der Waals surface area contributed by atoms with E-state index in [1.165, 1.54) is 24.3 Å². The number of amides is 3. The highest BCUT2D eigenvalue weighted by molar-refractivity contribution is 6.53. The molecular formula is C28H23ClFN3O5. The van der Waals surface area contributed by atoms with Crippen molar-refractivity contribution >= 4 is 52.4 Å². The Labute approximate surface area is 223 Å². The molecule has 0 aliphatic carbocycles. The predicted molar refractivity (Wildman–Crippen MR) is 141 cm³/mol. The summed E-state index contributed by atoms with van der Waals surface area (Å²) in [5, 5.41) is 5.26. The number of unbranched alkanes of at least 4 members (excludes halogenated alkanes) is 1. The van der Waals surface area contributed by atoms with Gasteiger partial charge in [0.15, 0.2) is 0 Å². The highest BCUT2D eigenvalue weighted by atomic mass is 35.5. The third-order valence-corrected chi connectivity index (χ3v) is 5.99. The molecule has 0 saturated carbocycles. The molecule has 1 aliphatic heterocycles. The molecule has 0 unspecified atom stereocenters. The van der Waals surface area contributed by atoms with Crippen LogP contribution in [0.4, 0.5) is 21.5 Å². The van der Waals surface area contributed by atoms with E-state index in [2.05, 4.69) is 10.6 Å². The van der Waals surface area contributed by atoms with Gasteiger partial charge in [0.25, 0.3) is 17.7 Å². The van der Waals surface area contributed by atoms with Crippen LogP contribution >= 0.6 is 11.6 Å². The Kier molecular flexibility index (Phi) is 8.18. The maximum Gasteiger partial charge on any atom is 0.338 e. The van der Waals surface area contributed by atoms with E-state index in [4.69, 9.17) is 16.3 Å². The van der Waals surface area contributed by atoms with Crippen LogP contribution in [0, 0.1) is 5.82 Å². The van der Waals surface area contributed by atoms with Gasteiger partial charge in [-0.25, -0.2) is 14.1 Å². The number of carbonyl (C=O) groups excluding carboxylic acids is 4. The molecule has 0 aromatic heterocycles. The second-order valence-corrected chi connectivity index (χ2v) is 8.71. The van der Waals surface area contributed by atoms with Gasteiger partial charge in [0, 0.05) is 16.9 Å². The number of esters is 1. The number of nitrogens with zero attached hydrogens (tertiary/aromatic N) is 1. The lowest BCUT2D eigenvalue weighted by atomic mass is 10.1. The maximum atomic E-state index is 13.2. The first-order chi connectivity index (χ1) is 18.3. The van der Waals surface area contributed by atoms with Crippen LogP contribution < -0.4 is 15.5 Å². The highest BCUT2D eigenvalue weighted by Crippen LogP contribution is 2.30. The lowest BCUT2D eigenvalue weighted by Gasteiger charge is -2.15. The van der Waals surface area contributed by atoms with Gasteiger partial charge in [0.1, 0.15) is 16.5 Å². The topological polar surface area (TPSA) is 105 Å². The first-order valence-corrected chi connectivity index (χ1v) is 12.2. The van der Waals surface area contributed by atoms with Crippen LogP contribution in [0.25, 0.3) is 0 Å². The Balaban J connectivity index is 1.38. The number of imide groups is 1. The molecule has 0 spiro atoms. The van der Waals surface area contributed by atoms with Gasteiger partial charge in [-0.1, -0.05) is 24.9 Å². The van der Waals surface area contributed by atoms with E-state index in [0.717, 1.165) is 29.9 Å². The van der Waals surface area contributed by atoms with Crippen molar-refractivity contribution in [2.24, 2.45) is 0 Å². The summed E-state index contributed by atoms with van der Waals surface area (Å²) in [5.74, 6) is -2.73. The zero-order valence-electron chi connectivity index (χ0n) is 20.3. The van der Waals surface area contributed by atoms with Crippen molar-refractivity contribution in [3.63, 3.8) is 0 Å². The molecule has 1 aliphatic rings. The van der Waals surface area contributed by atoms with Gasteiger partial charge in [-0.3, -0.25) is 14.4 Å². The SMILES string of the molecule is CCCCOC(=O)c1ccc(NC(=O)c2ccc(NC3=C(Cl)C(=O)N(c4ccc(F)cc4)C3=O)cc2)cc1. The van der Waals surface area contributed by atoms with Gasteiger partial charge in [-0.15, -0.1) is 0 Å². The van der Waals surface area contributed by atoms with Gasteiger partial charge in [0.2, 0.25) is 0 Å². The van der Waals surface area contributed by atoms with Gasteiger partial charge in [0.05, 0.1) is 17.9 Å². The minimum absolute atomic E-state index is 0.133. The summed E-state index contributed by atoms with van der Waals surface area (Å²) < 4.78 is 18.4. The van der Waals surface area contributed by atoms with Crippen LogP contribution in [0.5, 0.6) is 0 Å². The molecule has 0 radical (unpaired) electrons. The second kappa shape index (κ2) is 11.7. The molecule has 3 aromatic rings. The lowest BCUT2D eigenvalue weighted by molar-refractivity contribution is -0.120. The summed E-state index contributed by atoms with van der Waals surface area (Å²) in [5.41, 5.74) is 1.69. The van der Waals surface area contributed by atoms with Crippen molar-refractivity contribution in [2.75, 3.05) is 22.1 Å². The second-order valence-electron chi connectivity index (χ2n) is 8.33. The summed E-state index contributed by atoms with van der Waals surface area (Å²) in [7, 11) is 0. The van der Waals surface area contributed by atoms with E-state index < -0.39 is 23.6 Å². The molecule has 10 heteroatoms. The van der Waals surface area contributed by atoms with Gasteiger partial charge in [-0.2, -0.15) is 0 Å². The third kappa shape index (κ3) is 5.90. The zero-order chi connectivity index (χ0) is 27.2. The molecular weight excluding hydrogens is 513 g/mol. The molecule has 194 valence electrons. The Bertz CT molecular complexity index is 1400. The largest absolute Gasteiger partial charge is 0.462 e. The number of nitrogens with one attached hydrogen (secondary N) is 2. The van der Waals surface area contributed by atoms with Gasteiger partial charge >= 0.3 is 5.97 Å². The molecule has 0 fully saturated rings. The molecule has 1 heterocycles. The van der Waals surface area contributed by atoms with E-state index >= 15 is 0 Å². The number of anilines is 3. The normalized spacial score (nSPS) is 13.1. The summed E-state index contributed by atoms with van der Waals surface area (Å²) in [4.78, 5) is 50.9. The van der Waals surface area contributed by atoms with Crippen molar-refractivity contribution < 1.29 is 28.3 Å². The van der Waals surface area contributed by atoms with E-state index in [-0.39, 0.29) is 22.3 Å². The van der Waals surface area contributed by atoms with E-state index in [1.807, 2.05) is 6.92 Å². The number of benzene rings is 3. The summed E-state index contributed by atoms with van der Waals surface area (Å²) >= 11 is 6.12. The van der Waals surface area contributed by atoms with Crippen LogP contribution in [-0.4, -0.2) is 30.3 Å². The Morgan fingerprint density at radius 2 is 1.47 bits per heavy atom. The van der Waals surface area contributed by atoms with Crippen LogP contribution in [0.1, 0.15) is 40.5 Å². The molecule has 0 bridgehead atoms. The number of ether oxygens (including phenoxy) is 1. The van der Waals surface area contributed by atoms with Crippen LogP contribution in [-0.2, 0) is 14.3 Å². The third-order valence-electron chi connectivity index (χ3n) is 5.64. The Hall–Kier alpha value is -4.50. The first kappa shape index (κ1) is 26.6. The zero-order valence-corrected chi connectivity index (χ0v) is 21.0. The van der Waals surface area contributed by atoms with Crippen molar-refractivity contribution in [3.05, 3.63) is 100 Å². The molecule has 0 saturated heterocycles.